The molecule has 0 radical (unpaired) electrons. The summed E-state index contributed by atoms with van der Waals surface area (Å²) < 4.78 is 0. The van der Waals surface area contributed by atoms with Crippen molar-refractivity contribution in [3.8, 4) is 0 Å². The van der Waals surface area contributed by atoms with Crippen molar-refractivity contribution in [2.75, 3.05) is 12.3 Å². The van der Waals surface area contributed by atoms with Crippen molar-refractivity contribution in [1.29, 1.82) is 0 Å². The van der Waals surface area contributed by atoms with Crippen LogP contribution in [-0.4, -0.2) is 17.5 Å². The minimum absolute atomic E-state index is 0.822. The first-order chi connectivity index (χ1) is 9.83. The molecule has 1 aromatic heterocycles. The van der Waals surface area contributed by atoms with Gasteiger partial charge in [0, 0.05) is 18.3 Å². The van der Waals surface area contributed by atoms with Crippen LogP contribution in [0.5, 0.6) is 0 Å². The van der Waals surface area contributed by atoms with E-state index in [2.05, 4.69) is 33.9 Å². The standard InChI is InChI=1S/C17H22N2S/c18-17-6-2-1-4-15(17)5-3-10-19(16-7-8-16)12-14-9-11-20-13-14/h1-2,4,6,9,11,13,16H,3,5,7-8,10,12,18H2. The van der Waals surface area contributed by atoms with Crippen molar-refractivity contribution in [2.45, 2.75) is 38.3 Å². The molecule has 1 fully saturated rings. The van der Waals surface area contributed by atoms with Crippen molar-refractivity contribution in [3.63, 3.8) is 0 Å². The molecule has 0 amide bonds. The van der Waals surface area contributed by atoms with E-state index >= 15 is 0 Å². The number of thiophene rings is 1. The number of para-hydroxylation sites is 1. The first-order valence-electron chi connectivity index (χ1n) is 7.41. The summed E-state index contributed by atoms with van der Waals surface area (Å²) in [5.74, 6) is 0. The van der Waals surface area contributed by atoms with E-state index in [1.807, 2.05) is 12.1 Å². The van der Waals surface area contributed by atoms with Gasteiger partial charge in [0.15, 0.2) is 0 Å². The highest BCUT2D eigenvalue weighted by Crippen LogP contribution is 2.29. The average molecular weight is 286 g/mol. The molecule has 1 saturated carbocycles. The van der Waals surface area contributed by atoms with Crippen molar-refractivity contribution in [2.24, 2.45) is 0 Å². The van der Waals surface area contributed by atoms with Gasteiger partial charge in [-0.05, 0) is 66.2 Å². The summed E-state index contributed by atoms with van der Waals surface area (Å²) in [6.45, 7) is 2.29. The van der Waals surface area contributed by atoms with E-state index in [0.717, 1.165) is 24.7 Å². The molecular formula is C17H22N2S. The smallest absolute Gasteiger partial charge is 0.0346 e. The molecule has 106 valence electrons. The SMILES string of the molecule is Nc1ccccc1CCCN(Cc1ccsc1)C1CC1. The van der Waals surface area contributed by atoms with Crippen LogP contribution in [0.2, 0.25) is 0 Å². The lowest BCUT2D eigenvalue weighted by atomic mass is 10.1. The Morgan fingerprint density at radius 2 is 2.05 bits per heavy atom. The molecule has 0 atom stereocenters. The predicted octanol–water partition coefficient (Wildman–Crippen LogP) is 3.93. The number of anilines is 1. The number of rotatable bonds is 7. The highest BCUT2D eigenvalue weighted by Gasteiger charge is 2.28. The molecule has 0 spiro atoms. The summed E-state index contributed by atoms with van der Waals surface area (Å²) in [5, 5.41) is 4.44. The fourth-order valence-electron chi connectivity index (χ4n) is 2.68. The Balaban J connectivity index is 1.51. The lowest BCUT2D eigenvalue weighted by Crippen LogP contribution is -2.26. The number of nitrogens with zero attached hydrogens (tertiary/aromatic N) is 1. The molecule has 20 heavy (non-hydrogen) atoms. The second-order valence-corrected chi connectivity index (χ2v) is 6.42. The predicted molar refractivity (Wildman–Crippen MR) is 86.9 cm³/mol. The fourth-order valence-corrected chi connectivity index (χ4v) is 3.34. The highest BCUT2D eigenvalue weighted by atomic mass is 32.1. The maximum Gasteiger partial charge on any atom is 0.0346 e. The van der Waals surface area contributed by atoms with Gasteiger partial charge in [-0.25, -0.2) is 0 Å². The first-order valence-corrected chi connectivity index (χ1v) is 8.36. The lowest BCUT2D eigenvalue weighted by Gasteiger charge is -2.21. The second-order valence-electron chi connectivity index (χ2n) is 5.64. The van der Waals surface area contributed by atoms with Crippen LogP contribution in [0.3, 0.4) is 0 Å². The van der Waals surface area contributed by atoms with E-state index in [0.29, 0.717) is 0 Å². The van der Waals surface area contributed by atoms with E-state index in [4.69, 9.17) is 5.73 Å². The minimum atomic E-state index is 0.822. The van der Waals surface area contributed by atoms with Gasteiger partial charge in [-0.1, -0.05) is 18.2 Å². The first kappa shape index (κ1) is 13.7. The fraction of sp³-hybridized carbons (Fsp3) is 0.412. The number of nitrogens with two attached hydrogens (primary N) is 1. The van der Waals surface area contributed by atoms with E-state index in [-0.39, 0.29) is 0 Å². The molecular weight excluding hydrogens is 264 g/mol. The Morgan fingerprint density at radius 3 is 2.75 bits per heavy atom. The normalized spacial score (nSPS) is 14.8. The van der Waals surface area contributed by atoms with Crippen LogP contribution in [0.25, 0.3) is 0 Å². The Hall–Kier alpha value is -1.32. The monoisotopic (exact) mass is 286 g/mol. The van der Waals surface area contributed by atoms with Gasteiger partial charge in [0.1, 0.15) is 0 Å². The maximum atomic E-state index is 6.01. The Bertz CT molecular complexity index is 532. The van der Waals surface area contributed by atoms with E-state index < -0.39 is 0 Å². The number of hydrogen-bond acceptors (Lipinski definition) is 3. The molecule has 2 N–H and O–H groups in total. The number of benzene rings is 1. The van der Waals surface area contributed by atoms with Gasteiger partial charge >= 0.3 is 0 Å². The van der Waals surface area contributed by atoms with Crippen LogP contribution < -0.4 is 5.73 Å². The van der Waals surface area contributed by atoms with Gasteiger partial charge in [0.05, 0.1) is 0 Å². The zero-order valence-electron chi connectivity index (χ0n) is 11.8. The summed E-state index contributed by atoms with van der Waals surface area (Å²) in [6, 6.07) is 11.3. The largest absolute Gasteiger partial charge is 0.399 e. The minimum Gasteiger partial charge on any atom is -0.399 e. The Kier molecular flexibility index (Phi) is 4.38. The summed E-state index contributed by atoms with van der Waals surface area (Å²) >= 11 is 1.79. The van der Waals surface area contributed by atoms with Gasteiger partial charge < -0.3 is 5.73 Å². The topological polar surface area (TPSA) is 29.3 Å². The van der Waals surface area contributed by atoms with Gasteiger partial charge in [0.2, 0.25) is 0 Å². The van der Waals surface area contributed by atoms with Gasteiger partial charge in [0.25, 0.3) is 0 Å². The number of nitrogen functional groups attached to an aromatic ring is 1. The molecule has 1 aliphatic carbocycles. The molecule has 0 bridgehead atoms. The van der Waals surface area contributed by atoms with E-state index in [1.165, 1.54) is 36.9 Å². The molecule has 0 aliphatic heterocycles. The van der Waals surface area contributed by atoms with Crippen LogP contribution in [0, 0.1) is 0 Å². The summed E-state index contributed by atoms with van der Waals surface area (Å²) in [7, 11) is 0. The quantitative estimate of drug-likeness (QED) is 0.781. The number of hydrogen-bond donors (Lipinski definition) is 1. The van der Waals surface area contributed by atoms with Crippen molar-refractivity contribution in [3.05, 3.63) is 52.2 Å². The van der Waals surface area contributed by atoms with E-state index in [9.17, 15) is 0 Å². The van der Waals surface area contributed by atoms with Crippen molar-refractivity contribution < 1.29 is 0 Å². The van der Waals surface area contributed by atoms with Crippen molar-refractivity contribution >= 4 is 17.0 Å². The van der Waals surface area contributed by atoms with Gasteiger partial charge in [-0.2, -0.15) is 11.3 Å². The molecule has 2 aromatic rings. The molecule has 1 aromatic carbocycles. The third kappa shape index (κ3) is 3.62. The second kappa shape index (κ2) is 6.42. The zero-order chi connectivity index (χ0) is 13.8. The van der Waals surface area contributed by atoms with Crippen LogP contribution in [0.4, 0.5) is 5.69 Å². The van der Waals surface area contributed by atoms with Gasteiger partial charge in [-0.3, -0.25) is 4.90 Å². The summed E-state index contributed by atoms with van der Waals surface area (Å²) in [6.07, 6.45) is 5.02. The molecule has 0 unspecified atom stereocenters. The Morgan fingerprint density at radius 1 is 1.20 bits per heavy atom. The molecule has 0 saturated heterocycles. The lowest BCUT2D eigenvalue weighted by molar-refractivity contribution is 0.252. The molecule has 3 rings (SSSR count). The highest BCUT2D eigenvalue weighted by molar-refractivity contribution is 7.07. The van der Waals surface area contributed by atoms with Crippen LogP contribution in [0.1, 0.15) is 30.4 Å². The van der Waals surface area contributed by atoms with Crippen LogP contribution in [0.15, 0.2) is 41.1 Å². The van der Waals surface area contributed by atoms with Gasteiger partial charge in [-0.15, -0.1) is 0 Å². The number of aryl methyl sites for hydroxylation is 1. The Labute approximate surface area is 125 Å². The summed E-state index contributed by atoms with van der Waals surface area (Å²) in [4.78, 5) is 2.64. The molecule has 1 heterocycles. The summed E-state index contributed by atoms with van der Waals surface area (Å²) in [5.41, 5.74) is 9.69. The third-order valence-corrected chi connectivity index (χ3v) is 4.71. The molecule has 2 nitrogen and oxygen atoms in total. The van der Waals surface area contributed by atoms with Crippen LogP contribution in [-0.2, 0) is 13.0 Å². The van der Waals surface area contributed by atoms with Crippen LogP contribution >= 0.6 is 11.3 Å². The maximum absolute atomic E-state index is 6.01. The van der Waals surface area contributed by atoms with Crippen molar-refractivity contribution in [1.82, 2.24) is 4.90 Å². The molecule has 3 heteroatoms. The molecule has 1 aliphatic rings. The van der Waals surface area contributed by atoms with E-state index in [1.54, 1.807) is 11.3 Å². The zero-order valence-corrected chi connectivity index (χ0v) is 12.6. The average Bonchev–Trinajstić information content (AvgIpc) is 3.18. The third-order valence-electron chi connectivity index (χ3n) is 3.98.